The zero-order valence-electron chi connectivity index (χ0n) is 5.58. The molecule has 3 N–H and O–H groups in total. The van der Waals surface area contributed by atoms with Gasteiger partial charge in [0.2, 0.25) is 4.73 Å². The second-order valence-electron chi connectivity index (χ2n) is 1.59. The van der Waals surface area contributed by atoms with Gasteiger partial charge in [-0.2, -0.15) is 0 Å². The van der Waals surface area contributed by atoms with Crippen molar-refractivity contribution in [2.24, 2.45) is 5.73 Å². The Bertz CT molecular complexity index is 192. The van der Waals surface area contributed by atoms with Gasteiger partial charge >= 0.3 is 0 Å². The summed E-state index contributed by atoms with van der Waals surface area (Å²) in [4.78, 5) is 3.97. The largest absolute Gasteiger partial charge is 0.330 e. The molecule has 1 aromatic heterocycles. The number of aromatic nitrogens is 3. The average molecular weight is 264 g/mol. The summed E-state index contributed by atoms with van der Waals surface area (Å²) in [6, 6.07) is 0. The summed E-state index contributed by atoms with van der Waals surface area (Å²) in [5, 5.41) is 6.48. The fraction of sp³-hybridized carbons (Fsp3) is 0.500. The predicted molar refractivity (Wildman–Crippen MR) is 51.3 cm³/mol. The van der Waals surface area contributed by atoms with E-state index in [4.69, 9.17) is 5.73 Å². The molecule has 7 heteroatoms. The van der Waals surface area contributed by atoms with E-state index >= 15 is 0 Å². The van der Waals surface area contributed by atoms with Crippen molar-refractivity contribution in [1.29, 1.82) is 0 Å². The van der Waals surface area contributed by atoms with E-state index in [0.29, 0.717) is 11.3 Å². The number of nitrogens with zero attached hydrogens (tertiary/aromatic N) is 2. The highest BCUT2D eigenvalue weighted by atomic mass is 79.9. The number of H-pyrrole nitrogens is 1. The first-order chi connectivity index (χ1) is 4.33. The molecule has 0 amide bonds. The van der Waals surface area contributed by atoms with Gasteiger partial charge in [0.15, 0.2) is 0 Å². The van der Waals surface area contributed by atoms with Crippen LogP contribution in [-0.2, 0) is 6.42 Å². The van der Waals surface area contributed by atoms with Crippen LogP contribution in [0.5, 0.6) is 0 Å². The third kappa shape index (κ3) is 4.58. The van der Waals surface area contributed by atoms with Gasteiger partial charge in [0.25, 0.3) is 0 Å². The highest BCUT2D eigenvalue weighted by Gasteiger charge is 1.95. The van der Waals surface area contributed by atoms with Gasteiger partial charge in [-0.25, -0.2) is 4.98 Å². The van der Waals surface area contributed by atoms with Crippen LogP contribution in [0, 0.1) is 0 Å². The molecule has 1 aromatic rings. The lowest BCUT2D eigenvalue weighted by Gasteiger charge is -1.85. The lowest BCUT2D eigenvalue weighted by atomic mass is 10.4. The van der Waals surface area contributed by atoms with Gasteiger partial charge in [0, 0.05) is 6.42 Å². The second kappa shape index (κ2) is 6.84. The van der Waals surface area contributed by atoms with Crippen LogP contribution < -0.4 is 5.73 Å². The smallest absolute Gasteiger partial charge is 0.217 e. The van der Waals surface area contributed by atoms with E-state index in [2.05, 4.69) is 31.1 Å². The minimum absolute atomic E-state index is 0. The minimum Gasteiger partial charge on any atom is -0.330 e. The van der Waals surface area contributed by atoms with Gasteiger partial charge in [0.05, 0.1) is 0 Å². The Morgan fingerprint density at radius 3 is 2.45 bits per heavy atom. The van der Waals surface area contributed by atoms with Crippen molar-refractivity contribution in [3.63, 3.8) is 0 Å². The van der Waals surface area contributed by atoms with Gasteiger partial charge < -0.3 is 5.73 Å². The lowest BCUT2D eigenvalue weighted by molar-refractivity contribution is 0.874. The van der Waals surface area contributed by atoms with Crippen LogP contribution in [0.3, 0.4) is 0 Å². The third-order valence-corrected chi connectivity index (χ3v) is 1.24. The Kier molecular flexibility index (Phi) is 8.54. The summed E-state index contributed by atoms with van der Waals surface area (Å²) in [7, 11) is 0. The van der Waals surface area contributed by atoms with Crippen molar-refractivity contribution >= 4 is 40.7 Å². The maximum atomic E-state index is 5.27. The normalized spacial score (nSPS) is 8.18. The van der Waals surface area contributed by atoms with Crippen molar-refractivity contribution < 1.29 is 0 Å². The molecule has 0 aliphatic heterocycles. The SMILES string of the molecule is Cl.Cl.NCCc1nc(Br)n[nH]1. The van der Waals surface area contributed by atoms with Crippen LogP contribution in [0.2, 0.25) is 0 Å². The number of nitrogens with one attached hydrogen (secondary N) is 1. The standard InChI is InChI=1S/C4H7BrN4.2ClH/c5-4-7-3(1-2-6)8-9-4;;/h1-2,6H2,(H,7,8,9);2*1H. The molecule has 1 rings (SSSR count). The van der Waals surface area contributed by atoms with E-state index in [1.165, 1.54) is 0 Å². The molecular formula is C4H9BrCl2N4. The van der Waals surface area contributed by atoms with Crippen LogP contribution in [0.4, 0.5) is 0 Å². The maximum absolute atomic E-state index is 5.27. The Labute approximate surface area is 85.3 Å². The zero-order valence-corrected chi connectivity index (χ0v) is 8.80. The molecule has 0 aromatic carbocycles. The van der Waals surface area contributed by atoms with E-state index < -0.39 is 0 Å². The van der Waals surface area contributed by atoms with E-state index in [0.717, 1.165) is 12.2 Å². The highest BCUT2D eigenvalue weighted by Crippen LogP contribution is 1.99. The first kappa shape index (κ1) is 13.7. The molecule has 0 spiro atoms. The molecule has 0 atom stereocenters. The Morgan fingerprint density at radius 1 is 1.45 bits per heavy atom. The van der Waals surface area contributed by atoms with Gasteiger partial charge in [-0.05, 0) is 22.5 Å². The number of rotatable bonds is 2. The van der Waals surface area contributed by atoms with Gasteiger partial charge in [-0.15, -0.1) is 29.9 Å². The molecular weight excluding hydrogens is 255 g/mol. The van der Waals surface area contributed by atoms with Gasteiger partial charge in [-0.3, -0.25) is 5.10 Å². The van der Waals surface area contributed by atoms with Crippen molar-refractivity contribution in [3.8, 4) is 0 Å². The highest BCUT2D eigenvalue weighted by molar-refractivity contribution is 9.10. The fourth-order valence-electron chi connectivity index (χ4n) is 0.521. The van der Waals surface area contributed by atoms with Crippen LogP contribution in [-0.4, -0.2) is 21.7 Å². The molecule has 0 fully saturated rings. The fourth-order valence-corrected chi connectivity index (χ4v) is 0.823. The molecule has 4 nitrogen and oxygen atoms in total. The van der Waals surface area contributed by atoms with E-state index in [9.17, 15) is 0 Å². The maximum Gasteiger partial charge on any atom is 0.217 e. The topological polar surface area (TPSA) is 67.6 Å². The summed E-state index contributed by atoms with van der Waals surface area (Å²) in [5.74, 6) is 0.823. The van der Waals surface area contributed by atoms with Gasteiger partial charge in [0.1, 0.15) is 5.82 Å². The van der Waals surface area contributed by atoms with E-state index in [1.807, 2.05) is 0 Å². The lowest BCUT2D eigenvalue weighted by Crippen LogP contribution is -2.03. The van der Waals surface area contributed by atoms with Crippen molar-refractivity contribution in [3.05, 3.63) is 10.6 Å². The average Bonchev–Trinajstić information content (AvgIpc) is 2.17. The van der Waals surface area contributed by atoms with Crippen LogP contribution in [0.15, 0.2) is 4.73 Å². The summed E-state index contributed by atoms with van der Waals surface area (Å²) in [6.07, 6.45) is 0.749. The third-order valence-electron chi connectivity index (χ3n) is 0.886. The number of hydrogen-bond acceptors (Lipinski definition) is 3. The first-order valence-corrected chi connectivity index (χ1v) is 3.39. The number of hydrogen-bond donors (Lipinski definition) is 2. The zero-order chi connectivity index (χ0) is 6.69. The molecule has 0 radical (unpaired) electrons. The van der Waals surface area contributed by atoms with Gasteiger partial charge in [-0.1, -0.05) is 0 Å². The number of halogens is 3. The van der Waals surface area contributed by atoms with Crippen LogP contribution >= 0.6 is 40.7 Å². The Morgan fingerprint density at radius 2 is 2.09 bits per heavy atom. The molecule has 0 bridgehead atoms. The quantitative estimate of drug-likeness (QED) is 0.834. The monoisotopic (exact) mass is 262 g/mol. The predicted octanol–water partition coefficient (Wildman–Crippen LogP) is 0.912. The molecule has 0 aliphatic carbocycles. The summed E-state index contributed by atoms with van der Waals surface area (Å²) < 4.78 is 0.589. The van der Waals surface area contributed by atoms with E-state index in [1.54, 1.807) is 0 Å². The Hall–Kier alpha value is 0.160. The van der Waals surface area contributed by atoms with Crippen LogP contribution in [0.1, 0.15) is 5.82 Å². The molecule has 11 heavy (non-hydrogen) atoms. The minimum atomic E-state index is 0. The summed E-state index contributed by atoms with van der Waals surface area (Å²) in [6.45, 7) is 0.599. The molecule has 0 aliphatic rings. The van der Waals surface area contributed by atoms with Crippen molar-refractivity contribution in [2.75, 3.05) is 6.54 Å². The molecule has 66 valence electrons. The Balaban J connectivity index is 0. The summed E-state index contributed by atoms with van der Waals surface area (Å²) in [5.41, 5.74) is 5.27. The second-order valence-corrected chi connectivity index (χ2v) is 2.30. The van der Waals surface area contributed by atoms with E-state index in [-0.39, 0.29) is 24.8 Å². The molecule has 1 heterocycles. The molecule has 0 saturated heterocycles. The summed E-state index contributed by atoms with van der Waals surface area (Å²) >= 11 is 3.11. The van der Waals surface area contributed by atoms with Crippen LogP contribution in [0.25, 0.3) is 0 Å². The number of aromatic amines is 1. The number of nitrogens with two attached hydrogens (primary N) is 1. The van der Waals surface area contributed by atoms with Crippen molar-refractivity contribution in [2.45, 2.75) is 6.42 Å². The first-order valence-electron chi connectivity index (χ1n) is 2.60. The molecule has 0 unspecified atom stereocenters. The van der Waals surface area contributed by atoms with Crippen molar-refractivity contribution in [1.82, 2.24) is 15.2 Å². The molecule has 0 saturated carbocycles.